The molecule has 7 nitrogen and oxygen atoms in total. The van der Waals surface area contributed by atoms with Gasteiger partial charge >= 0.3 is 12.1 Å². The normalized spacial score (nSPS) is 22.9. The third kappa shape index (κ3) is 7.56. The van der Waals surface area contributed by atoms with Crippen LogP contribution in [0.1, 0.15) is 75.5 Å². The maximum absolute atomic E-state index is 15.7. The molecule has 1 aliphatic heterocycles. The van der Waals surface area contributed by atoms with Crippen LogP contribution >= 0.6 is 0 Å². The van der Waals surface area contributed by atoms with Crippen molar-refractivity contribution in [3.63, 3.8) is 0 Å². The van der Waals surface area contributed by atoms with Crippen molar-refractivity contribution in [2.75, 3.05) is 20.7 Å². The summed E-state index contributed by atoms with van der Waals surface area (Å²) in [5.74, 6) is -1.40. The van der Waals surface area contributed by atoms with Crippen molar-refractivity contribution < 1.29 is 32.6 Å². The van der Waals surface area contributed by atoms with E-state index in [1.54, 1.807) is 20.8 Å². The van der Waals surface area contributed by atoms with Gasteiger partial charge in [-0.15, -0.1) is 0 Å². The Labute approximate surface area is 241 Å². The molecule has 1 saturated carbocycles. The number of nitrogens with zero attached hydrogens (tertiary/aromatic N) is 1. The number of hydrogen-bond acceptors (Lipinski definition) is 6. The summed E-state index contributed by atoms with van der Waals surface area (Å²) in [6.07, 6.45) is 2.75. The van der Waals surface area contributed by atoms with Crippen molar-refractivity contribution in [2.45, 2.75) is 89.5 Å². The Hall–Kier alpha value is -3.20. The van der Waals surface area contributed by atoms with E-state index in [1.165, 1.54) is 35.3 Å². The SMILES string of the molecule is CNCc1ccccc1C1CCC(Cc2c(F)ccc(O[C@H]3C[C@@H](C(=O)OC)N(C(=O)OC(C)(C)C)C3)c2F)CC1. The van der Waals surface area contributed by atoms with Gasteiger partial charge in [-0.1, -0.05) is 24.3 Å². The Morgan fingerprint density at radius 1 is 1.05 bits per heavy atom. The van der Waals surface area contributed by atoms with E-state index in [2.05, 4.69) is 29.6 Å². The zero-order chi connectivity index (χ0) is 29.7. The molecule has 0 unspecified atom stereocenters. The number of ether oxygens (including phenoxy) is 3. The van der Waals surface area contributed by atoms with E-state index >= 15 is 4.39 Å². The van der Waals surface area contributed by atoms with Crippen molar-refractivity contribution in [1.29, 1.82) is 0 Å². The lowest BCUT2D eigenvalue weighted by atomic mass is 9.75. The minimum absolute atomic E-state index is 0.0138. The van der Waals surface area contributed by atoms with Crippen molar-refractivity contribution in [1.82, 2.24) is 10.2 Å². The van der Waals surface area contributed by atoms with E-state index in [0.29, 0.717) is 12.3 Å². The minimum atomic E-state index is -0.920. The molecular formula is C32H42F2N2O5. The van der Waals surface area contributed by atoms with Crippen LogP contribution in [0.2, 0.25) is 0 Å². The fourth-order valence-corrected chi connectivity index (χ4v) is 6.05. The standard InChI is InChI=1S/C32H42F2N2O5/c1-32(2,3)41-31(38)36-19-23(17-27(36)30(37)39-5)40-28-15-14-26(33)25(29(28)34)16-20-10-12-21(13-11-20)24-9-7-6-8-22(24)18-35-4/h6-9,14-15,20-21,23,27,35H,10-13,16-19H2,1-5H3/t20?,21?,23-,27-/m0/s1. The first kappa shape index (κ1) is 30.8. The molecule has 41 heavy (non-hydrogen) atoms. The second kappa shape index (κ2) is 13.2. The fraction of sp³-hybridized carbons (Fsp3) is 0.562. The number of methoxy groups -OCH3 is 1. The summed E-state index contributed by atoms with van der Waals surface area (Å²) < 4.78 is 46.8. The predicted molar refractivity (Wildman–Crippen MR) is 152 cm³/mol. The molecule has 2 aromatic carbocycles. The van der Waals surface area contributed by atoms with Crippen LogP contribution in [0.5, 0.6) is 5.75 Å². The first-order valence-electron chi connectivity index (χ1n) is 14.4. The number of halogens is 2. The highest BCUT2D eigenvalue weighted by molar-refractivity contribution is 5.82. The lowest BCUT2D eigenvalue weighted by molar-refractivity contribution is -0.145. The molecule has 2 fully saturated rings. The number of carbonyl (C=O) groups is 2. The van der Waals surface area contributed by atoms with Gasteiger partial charge in [0.25, 0.3) is 0 Å². The number of amides is 1. The molecule has 9 heteroatoms. The van der Waals surface area contributed by atoms with E-state index in [0.717, 1.165) is 32.2 Å². The summed E-state index contributed by atoms with van der Waals surface area (Å²) in [7, 11) is 3.18. The number of carbonyl (C=O) groups excluding carboxylic acids is 2. The number of rotatable bonds is 8. The highest BCUT2D eigenvalue weighted by atomic mass is 19.1. The molecule has 0 radical (unpaired) electrons. The number of benzene rings is 2. The van der Waals surface area contributed by atoms with E-state index in [9.17, 15) is 14.0 Å². The molecule has 1 N–H and O–H groups in total. The van der Waals surface area contributed by atoms with Crippen molar-refractivity contribution in [2.24, 2.45) is 5.92 Å². The van der Waals surface area contributed by atoms with Crippen LogP contribution in [0.4, 0.5) is 13.6 Å². The molecular weight excluding hydrogens is 530 g/mol. The monoisotopic (exact) mass is 572 g/mol. The minimum Gasteiger partial charge on any atom is -0.485 e. The van der Waals surface area contributed by atoms with Crippen LogP contribution in [0.25, 0.3) is 0 Å². The Morgan fingerprint density at radius 3 is 2.41 bits per heavy atom. The van der Waals surface area contributed by atoms with Crippen molar-refractivity contribution in [3.05, 3.63) is 64.7 Å². The van der Waals surface area contributed by atoms with E-state index in [4.69, 9.17) is 14.2 Å². The van der Waals surface area contributed by atoms with Crippen LogP contribution in [-0.2, 0) is 27.2 Å². The Bertz CT molecular complexity index is 1220. The average molecular weight is 573 g/mol. The van der Waals surface area contributed by atoms with Gasteiger partial charge in [0.2, 0.25) is 0 Å². The van der Waals surface area contributed by atoms with Gasteiger partial charge in [-0.3, -0.25) is 4.90 Å². The first-order chi connectivity index (χ1) is 19.5. The summed E-state index contributed by atoms with van der Waals surface area (Å²) in [6, 6.07) is 10.0. The van der Waals surface area contributed by atoms with Crippen molar-refractivity contribution >= 4 is 12.1 Å². The van der Waals surface area contributed by atoms with E-state index in [1.807, 2.05) is 7.05 Å². The fourth-order valence-electron chi connectivity index (χ4n) is 6.05. The highest BCUT2D eigenvalue weighted by Gasteiger charge is 2.43. The van der Waals surface area contributed by atoms with Gasteiger partial charge in [0, 0.05) is 18.5 Å². The lowest BCUT2D eigenvalue weighted by Crippen LogP contribution is -2.44. The Balaban J connectivity index is 1.42. The molecule has 1 heterocycles. The number of hydrogen-bond donors (Lipinski definition) is 1. The molecule has 2 atom stereocenters. The molecule has 0 aromatic heterocycles. The number of nitrogens with one attached hydrogen (secondary N) is 1. The number of likely N-dealkylation sites (tertiary alicyclic amines) is 1. The van der Waals surface area contributed by atoms with Crippen LogP contribution in [0.15, 0.2) is 36.4 Å². The Morgan fingerprint density at radius 2 is 1.76 bits per heavy atom. The van der Waals surface area contributed by atoms with E-state index in [-0.39, 0.29) is 30.2 Å². The topological polar surface area (TPSA) is 77.1 Å². The van der Waals surface area contributed by atoms with Crippen LogP contribution in [-0.4, -0.2) is 55.4 Å². The van der Waals surface area contributed by atoms with Gasteiger partial charge in [-0.05, 0) is 95.0 Å². The third-order valence-corrected chi connectivity index (χ3v) is 8.01. The lowest BCUT2D eigenvalue weighted by Gasteiger charge is -2.30. The van der Waals surface area contributed by atoms with Crippen LogP contribution in [0, 0.1) is 17.6 Å². The first-order valence-corrected chi connectivity index (χ1v) is 14.4. The maximum atomic E-state index is 15.7. The van der Waals surface area contributed by atoms with E-state index < -0.39 is 41.4 Å². The zero-order valence-corrected chi connectivity index (χ0v) is 24.7. The van der Waals surface area contributed by atoms with Gasteiger partial charge in [-0.25, -0.2) is 18.4 Å². The zero-order valence-electron chi connectivity index (χ0n) is 24.7. The molecule has 4 rings (SSSR count). The quantitative estimate of drug-likeness (QED) is 0.384. The molecule has 0 spiro atoms. The smallest absolute Gasteiger partial charge is 0.411 e. The van der Waals surface area contributed by atoms with Crippen LogP contribution < -0.4 is 10.1 Å². The molecule has 0 bridgehead atoms. The maximum Gasteiger partial charge on any atom is 0.411 e. The summed E-state index contributed by atoms with van der Waals surface area (Å²) in [6.45, 7) is 6.02. The van der Waals surface area contributed by atoms with Crippen molar-refractivity contribution in [3.8, 4) is 5.75 Å². The summed E-state index contributed by atoms with van der Waals surface area (Å²) >= 11 is 0. The van der Waals surface area contributed by atoms with Gasteiger partial charge in [0.1, 0.15) is 23.6 Å². The number of esters is 1. The molecule has 2 aliphatic rings. The molecule has 224 valence electrons. The van der Waals surface area contributed by atoms with Gasteiger partial charge < -0.3 is 19.5 Å². The highest BCUT2D eigenvalue weighted by Crippen LogP contribution is 2.39. The molecule has 1 saturated heterocycles. The van der Waals surface area contributed by atoms with Gasteiger partial charge in [0.15, 0.2) is 11.6 Å². The summed E-state index contributed by atoms with van der Waals surface area (Å²) in [5.41, 5.74) is 1.92. The molecule has 2 aromatic rings. The third-order valence-electron chi connectivity index (χ3n) is 8.01. The predicted octanol–water partition coefficient (Wildman–Crippen LogP) is 6.13. The molecule has 1 amide bonds. The Kier molecular flexibility index (Phi) is 9.89. The van der Waals surface area contributed by atoms with Gasteiger partial charge in [-0.2, -0.15) is 0 Å². The average Bonchev–Trinajstić information content (AvgIpc) is 3.36. The molecule has 1 aliphatic carbocycles. The summed E-state index contributed by atoms with van der Waals surface area (Å²) in [4.78, 5) is 26.4. The second-order valence-electron chi connectivity index (χ2n) is 12.1. The largest absolute Gasteiger partial charge is 0.485 e. The van der Waals surface area contributed by atoms with Crippen LogP contribution in [0.3, 0.4) is 0 Å². The second-order valence-corrected chi connectivity index (χ2v) is 12.1. The van der Waals surface area contributed by atoms with Gasteiger partial charge in [0.05, 0.1) is 13.7 Å². The summed E-state index contributed by atoms with van der Waals surface area (Å²) in [5, 5.41) is 3.23.